The maximum Gasteiger partial charge on any atom is 0.312 e. The van der Waals surface area contributed by atoms with E-state index in [9.17, 15) is 24.3 Å². The predicted molar refractivity (Wildman–Crippen MR) is 91.2 cm³/mol. The second kappa shape index (κ2) is 12.7. The quantitative estimate of drug-likeness (QED) is 0.444. The van der Waals surface area contributed by atoms with E-state index in [0.29, 0.717) is 0 Å². The van der Waals surface area contributed by atoms with Crippen molar-refractivity contribution in [2.45, 2.75) is 58.8 Å². The lowest BCUT2D eigenvalue weighted by Gasteiger charge is -2.36. The van der Waals surface area contributed by atoms with Crippen molar-refractivity contribution < 1.29 is 53.1 Å². The third kappa shape index (κ3) is 11.8. The molecule has 1 aliphatic rings. The smallest absolute Gasteiger partial charge is 0.312 e. The molecule has 0 aromatic carbocycles. The van der Waals surface area contributed by atoms with Crippen LogP contribution in [0.15, 0.2) is 0 Å². The van der Waals surface area contributed by atoms with Crippen molar-refractivity contribution in [2.75, 3.05) is 13.2 Å². The Labute approximate surface area is 161 Å². The Hall–Kier alpha value is -2.69. The average molecular weight is 406 g/mol. The van der Waals surface area contributed by atoms with Crippen LogP contribution < -0.4 is 0 Å². The van der Waals surface area contributed by atoms with E-state index in [0.717, 1.165) is 6.92 Å². The fourth-order valence-corrected chi connectivity index (χ4v) is 2.46. The van der Waals surface area contributed by atoms with Crippen molar-refractivity contribution >= 4 is 29.8 Å². The van der Waals surface area contributed by atoms with Crippen LogP contribution in [0.5, 0.6) is 0 Å². The van der Waals surface area contributed by atoms with E-state index in [4.69, 9.17) is 28.8 Å². The minimum atomic E-state index is -1.20. The summed E-state index contributed by atoms with van der Waals surface area (Å²) in [5.74, 6) is -4.76. The van der Waals surface area contributed by atoms with Gasteiger partial charge in [-0.05, 0) is 0 Å². The van der Waals surface area contributed by atoms with E-state index in [1.807, 2.05) is 0 Å². The van der Waals surface area contributed by atoms with Gasteiger partial charge in [0.15, 0.2) is 0 Å². The number of rotatable bonds is 7. The average Bonchev–Trinajstić information content (AvgIpc) is 2.51. The molecule has 1 rings (SSSR count). The zero-order valence-corrected chi connectivity index (χ0v) is 16.2. The van der Waals surface area contributed by atoms with E-state index in [2.05, 4.69) is 0 Å². The SMILES string of the molecule is CC(=O)O.CC(=O)OCC(C(=O)O)C1C[C@@H](OC(C)=O)C[C@@H](COC(C)=O)O1. The van der Waals surface area contributed by atoms with Crippen LogP contribution in [-0.4, -0.2) is 71.6 Å². The van der Waals surface area contributed by atoms with Crippen LogP contribution in [-0.2, 0) is 42.9 Å². The number of carboxylic acid groups (broad SMARTS) is 2. The van der Waals surface area contributed by atoms with Gasteiger partial charge in [-0.1, -0.05) is 0 Å². The first-order valence-electron chi connectivity index (χ1n) is 8.44. The normalized spacial score (nSPS) is 21.9. The second-order valence-corrected chi connectivity index (χ2v) is 6.07. The van der Waals surface area contributed by atoms with Crippen molar-refractivity contribution in [2.24, 2.45) is 5.92 Å². The van der Waals surface area contributed by atoms with E-state index in [1.165, 1.54) is 20.8 Å². The van der Waals surface area contributed by atoms with Gasteiger partial charge in [-0.3, -0.25) is 24.0 Å². The molecule has 1 aliphatic heterocycles. The highest BCUT2D eigenvalue weighted by atomic mass is 16.6. The fourth-order valence-electron chi connectivity index (χ4n) is 2.46. The molecule has 4 atom stereocenters. The van der Waals surface area contributed by atoms with Gasteiger partial charge in [-0.25, -0.2) is 0 Å². The summed E-state index contributed by atoms with van der Waals surface area (Å²) in [6.45, 7) is 4.31. The molecule has 0 bridgehead atoms. The largest absolute Gasteiger partial charge is 0.481 e. The molecule has 11 heteroatoms. The molecule has 0 spiro atoms. The third-order valence-corrected chi connectivity index (χ3v) is 3.43. The first kappa shape index (κ1) is 25.3. The summed E-state index contributed by atoms with van der Waals surface area (Å²) in [4.78, 5) is 53.5. The van der Waals surface area contributed by atoms with Crippen LogP contribution in [0.25, 0.3) is 0 Å². The number of ether oxygens (including phenoxy) is 4. The summed E-state index contributed by atoms with van der Waals surface area (Å²) in [7, 11) is 0. The Bertz CT molecular complexity index is 567. The summed E-state index contributed by atoms with van der Waals surface area (Å²) in [6, 6.07) is 0. The number of hydrogen-bond acceptors (Lipinski definition) is 9. The molecule has 0 aliphatic carbocycles. The Morgan fingerprint density at radius 3 is 1.89 bits per heavy atom. The maximum atomic E-state index is 11.4. The Balaban J connectivity index is 0.00000165. The summed E-state index contributed by atoms with van der Waals surface area (Å²) in [5.41, 5.74) is 0. The highest BCUT2D eigenvalue weighted by Crippen LogP contribution is 2.28. The minimum Gasteiger partial charge on any atom is -0.481 e. The zero-order chi connectivity index (χ0) is 21.9. The lowest BCUT2D eigenvalue weighted by Crippen LogP contribution is -2.46. The first-order valence-corrected chi connectivity index (χ1v) is 8.44. The van der Waals surface area contributed by atoms with Crippen LogP contribution in [0, 0.1) is 5.92 Å². The lowest BCUT2D eigenvalue weighted by molar-refractivity contribution is -0.184. The molecule has 0 aromatic heterocycles. The predicted octanol–water partition coefficient (Wildman–Crippen LogP) is 0.384. The molecule has 0 saturated carbocycles. The van der Waals surface area contributed by atoms with Crippen molar-refractivity contribution in [3.63, 3.8) is 0 Å². The number of carboxylic acids is 2. The van der Waals surface area contributed by atoms with Crippen LogP contribution in [0.3, 0.4) is 0 Å². The second-order valence-electron chi connectivity index (χ2n) is 6.07. The van der Waals surface area contributed by atoms with Gasteiger partial charge >= 0.3 is 23.9 Å². The standard InChI is InChI=1S/C15H22O9.C2H4O2/c1-8(16)21-6-12-4-11(23-10(3)18)5-14(24-12)13(15(19)20)7-22-9(2)17;1-2(3)4/h11-14H,4-7H2,1-3H3,(H,19,20);1H3,(H,3,4)/t11-,12-,13?,14?;/m0./s1. The highest BCUT2D eigenvalue weighted by molar-refractivity contribution is 5.72. The zero-order valence-electron chi connectivity index (χ0n) is 16.2. The van der Waals surface area contributed by atoms with Gasteiger partial charge in [0.1, 0.15) is 25.2 Å². The maximum absolute atomic E-state index is 11.4. The molecule has 160 valence electrons. The van der Waals surface area contributed by atoms with Gasteiger partial charge < -0.3 is 29.2 Å². The monoisotopic (exact) mass is 406 g/mol. The molecule has 1 fully saturated rings. The van der Waals surface area contributed by atoms with E-state index < -0.39 is 54.1 Å². The first-order chi connectivity index (χ1) is 12.9. The topological polar surface area (TPSA) is 163 Å². The summed E-state index contributed by atoms with van der Waals surface area (Å²) >= 11 is 0. The molecule has 28 heavy (non-hydrogen) atoms. The number of carbonyl (C=O) groups is 5. The van der Waals surface area contributed by atoms with Crippen LogP contribution in [0.2, 0.25) is 0 Å². The Morgan fingerprint density at radius 2 is 1.46 bits per heavy atom. The molecule has 1 saturated heterocycles. The molecule has 0 radical (unpaired) electrons. The van der Waals surface area contributed by atoms with E-state index >= 15 is 0 Å². The van der Waals surface area contributed by atoms with Gasteiger partial charge in [-0.2, -0.15) is 0 Å². The van der Waals surface area contributed by atoms with Crippen LogP contribution in [0.4, 0.5) is 0 Å². The minimum absolute atomic E-state index is 0.0799. The Kier molecular flexibility index (Phi) is 11.4. The molecule has 11 nitrogen and oxygen atoms in total. The van der Waals surface area contributed by atoms with E-state index in [-0.39, 0.29) is 26.1 Å². The number of aliphatic carboxylic acids is 2. The van der Waals surface area contributed by atoms with Gasteiger partial charge in [0.05, 0.1) is 12.2 Å². The Morgan fingerprint density at radius 1 is 0.929 bits per heavy atom. The van der Waals surface area contributed by atoms with Crippen molar-refractivity contribution in [3.05, 3.63) is 0 Å². The van der Waals surface area contributed by atoms with Gasteiger partial charge in [0, 0.05) is 40.5 Å². The molecule has 2 unspecified atom stereocenters. The molecule has 2 N–H and O–H groups in total. The molecule has 0 aromatic rings. The summed E-state index contributed by atoms with van der Waals surface area (Å²) in [5, 5.41) is 16.8. The number of esters is 3. The van der Waals surface area contributed by atoms with Gasteiger partial charge in [0.2, 0.25) is 0 Å². The number of hydrogen-bond donors (Lipinski definition) is 2. The van der Waals surface area contributed by atoms with Crippen molar-refractivity contribution in [1.82, 2.24) is 0 Å². The summed E-state index contributed by atoms with van der Waals surface area (Å²) in [6.07, 6.45) is -1.60. The van der Waals surface area contributed by atoms with E-state index in [1.54, 1.807) is 0 Å². The molecule has 0 amide bonds. The fraction of sp³-hybridized carbons (Fsp3) is 0.706. The third-order valence-electron chi connectivity index (χ3n) is 3.43. The highest BCUT2D eigenvalue weighted by Gasteiger charge is 2.39. The van der Waals surface area contributed by atoms with Crippen LogP contribution in [0.1, 0.15) is 40.5 Å². The van der Waals surface area contributed by atoms with Crippen molar-refractivity contribution in [1.29, 1.82) is 0 Å². The van der Waals surface area contributed by atoms with Crippen LogP contribution >= 0.6 is 0 Å². The lowest BCUT2D eigenvalue weighted by atomic mass is 9.92. The number of carbonyl (C=O) groups excluding carboxylic acids is 3. The molecule has 1 heterocycles. The van der Waals surface area contributed by atoms with Crippen molar-refractivity contribution in [3.8, 4) is 0 Å². The summed E-state index contributed by atoms with van der Waals surface area (Å²) < 4.78 is 20.5. The van der Waals surface area contributed by atoms with Gasteiger partial charge in [-0.15, -0.1) is 0 Å². The molecular formula is C17H26O11. The van der Waals surface area contributed by atoms with Gasteiger partial charge in [0.25, 0.3) is 5.97 Å². The molecular weight excluding hydrogens is 380 g/mol.